The molecule has 4 heteroatoms. The summed E-state index contributed by atoms with van der Waals surface area (Å²) in [6.07, 6.45) is 6.05. The van der Waals surface area contributed by atoms with Crippen LogP contribution in [0.5, 0.6) is 0 Å². The zero-order valence-electron chi connectivity index (χ0n) is 9.22. The highest BCUT2D eigenvalue weighted by Gasteiger charge is 2.16. The van der Waals surface area contributed by atoms with Crippen molar-refractivity contribution in [3.63, 3.8) is 0 Å². The monoisotopic (exact) mass is 209 g/mol. The first kappa shape index (κ1) is 10.6. The smallest absolute Gasteiger partial charge is 0.0948 e. The summed E-state index contributed by atoms with van der Waals surface area (Å²) in [5, 5.41) is 0. The van der Waals surface area contributed by atoms with Crippen LogP contribution in [0.2, 0.25) is 0 Å². The Hall–Kier alpha value is -0.870. The third kappa shape index (κ3) is 2.58. The zero-order chi connectivity index (χ0) is 10.7. The van der Waals surface area contributed by atoms with E-state index in [0.29, 0.717) is 5.92 Å². The van der Waals surface area contributed by atoms with E-state index < -0.39 is 0 Å². The quantitative estimate of drug-likeness (QED) is 0.817. The molecule has 0 bridgehead atoms. The van der Waals surface area contributed by atoms with Crippen molar-refractivity contribution in [3.8, 4) is 0 Å². The number of aromatic nitrogens is 2. The molecular weight excluding hydrogens is 190 g/mol. The van der Waals surface area contributed by atoms with Gasteiger partial charge in [-0.1, -0.05) is 0 Å². The van der Waals surface area contributed by atoms with E-state index in [1.807, 2.05) is 19.4 Å². The fourth-order valence-corrected chi connectivity index (χ4v) is 2.07. The number of nitrogens with two attached hydrogens (primary N) is 1. The summed E-state index contributed by atoms with van der Waals surface area (Å²) in [6, 6.07) is 0.0624. The summed E-state index contributed by atoms with van der Waals surface area (Å²) in [5.74, 6) is 0.713. The highest BCUT2D eigenvalue weighted by Crippen LogP contribution is 2.19. The fraction of sp³-hybridized carbons (Fsp3) is 0.727. The molecule has 0 aromatic carbocycles. The fourth-order valence-electron chi connectivity index (χ4n) is 2.07. The maximum absolute atomic E-state index is 5.88. The van der Waals surface area contributed by atoms with Crippen LogP contribution in [0.15, 0.2) is 12.5 Å². The molecule has 0 aliphatic carbocycles. The molecule has 1 aromatic heterocycles. The lowest BCUT2D eigenvalue weighted by Crippen LogP contribution is -2.22. The number of imidazole rings is 1. The minimum absolute atomic E-state index is 0.0624. The summed E-state index contributed by atoms with van der Waals surface area (Å²) in [4.78, 5) is 4.16. The van der Waals surface area contributed by atoms with Gasteiger partial charge >= 0.3 is 0 Å². The van der Waals surface area contributed by atoms with Gasteiger partial charge < -0.3 is 15.0 Å². The van der Waals surface area contributed by atoms with Crippen molar-refractivity contribution in [1.82, 2.24) is 9.55 Å². The third-order valence-corrected chi connectivity index (χ3v) is 3.01. The summed E-state index contributed by atoms with van der Waals surface area (Å²) in [6.45, 7) is 4.82. The highest BCUT2D eigenvalue weighted by molar-refractivity contribution is 5.03. The lowest BCUT2D eigenvalue weighted by atomic mass is 10.0. The molecule has 0 saturated carbocycles. The predicted octanol–water partition coefficient (Wildman–Crippen LogP) is 1.33. The first-order chi connectivity index (χ1) is 7.27. The average Bonchev–Trinajstić information content (AvgIpc) is 2.67. The van der Waals surface area contributed by atoms with E-state index in [9.17, 15) is 0 Å². The Bertz CT molecular complexity index is 303. The van der Waals surface area contributed by atoms with Gasteiger partial charge in [0.15, 0.2) is 0 Å². The van der Waals surface area contributed by atoms with Crippen LogP contribution >= 0.6 is 0 Å². The van der Waals surface area contributed by atoms with Crippen molar-refractivity contribution in [2.24, 2.45) is 11.7 Å². The molecular formula is C11H19N3O. The molecule has 1 saturated heterocycles. The van der Waals surface area contributed by atoms with Crippen LogP contribution in [-0.2, 0) is 11.3 Å². The molecule has 1 aliphatic rings. The topological polar surface area (TPSA) is 53.1 Å². The molecule has 2 N–H and O–H groups in total. The second kappa shape index (κ2) is 4.77. The Morgan fingerprint density at radius 3 is 3.00 bits per heavy atom. The normalized spacial score (nSPS) is 20.4. The zero-order valence-corrected chi connectivity index (χ0v) is 9.22. The van der Waals surface area contributed by atoms with Crippen LogP contribution in [0, 0.1) is 5.92 Å². The van der Waals surface area contributed by atoms with Gasteiger partial charge in [-0.25, -0.2) is 4.98 Å². The molecule has 84 valence electrons. The minimum atomic E-state index is 0.0624. The summed E-state index contributed by atoms with van der Waals surface area (Å²) >= 11 is 0. The summed E-state index contributed by atoms with van der Waals surface area (Å²) in [5.41, 5.74) is 7.00. The molecule has 0 spiro atoms. The molecule has 2 heterocycles. The lowest BCUT2D eigenvalue weighted by molar-refractivity contribution is 0.0609. The van der Waals surface area contributed by atoms with Gasteiger partial charge in [-0.05, 0) is 25.7 Å². The van der Waals surface area contributed by atoms with E-state index in [0.717, 1.165) is 38.3 Å². The Morgan fingerprint density at radius 1 is 1.60 bits per heavy atom. The SMILES string of the molecule is C[C@@H](N)c1cncn1CC1CCOCC1. The van der Waals surface area contributed by atoms with Gasteiger partial charge in [-0.15, -0.1) is 0 Å². The number of nitrogens with zero attached hydrogens (tertiary/aromatic N) is 2. The standard InChI is InChI=1S/C11H19N3O/c1-9(12)11-6-13-8-14(11)7-10-2-4-15-5-3-10/h6,8-10H,2-5,7,12H2,1H3/t9-/m1/s1. The number of hydrogen-bond donors (Lipinski definition) is 1. The molecule has 1 aliphatic heterocycles. The van der Waals surface area contributed by atoms with Crippen molar-refractivity contribution in [2.75, 3.05) is 13.2 Å². The van der Waals surface area contributed by atoms with Crippen LogP contribution in [0.1, 0.15) is 31.5 Å². The molecule has 2 rings (SSSR count). The Morgan fingerprint density at radius 2 is 2.33 bits per heavy atom. The molecule has 4 nitrogen and oxygen atoms in total. The Balaban J connectivity index is 1.99. The largest absolute Gasteiger partial charge is 0.381 e. The molecule has 1 aromatic rings. The van der Waals surface area contributed by atoms with E-state index in [1.165, 1.54) is 0 Å². The number of ether oxygens (including phenoxy) is 1. The van der Waals surface area contributed by atoms with Gasteiger partial charge in [0.25, 0.3) is 0 Å². The van der Waals surface area contributed by atoms with E-state index >= 15 is 0 Å². The molecule has 1 fully saturated rings. The molecule has 15 heavy (non-hydrogen) atoms. The van der Waals surface area contributed by atoms with Crippen molar-refractivity contribution in [3.05, 3.63) is 18.2 Å². The van der Waals surface area contributed by atoms with E-state index in [-0.39, 0.29) is 6.04 Å². The third-order valence-electron chi connectivity index (χ3n) is 3.01. The van der Waals surface area contributed by atoms with Crippen LogP contribution in [0.25, 0.3) is 0 Å². The second-order valence-corrected chi connectivity index (χ2v) is 4.32. The molecule has 1 atom stereocenters. The maximum atomic E-state index is 5.88. The number of rotatable bonds is 3. The molecule has 0 radical (unpaired) electrons. The van der Waals surface area contributed by atoms with Crippen LogP contribution in [0.4, 0.5) is 0 Å². The van der Waals surface area contributed by atoms with Crippen molar-refractivity contribution >= 4 is 0 Å². The summed E-state index contributed by atoms with van der Waals surface area (Å²) in [7, 11) is 0. The van der Waals surface area contributed by atoms with Gasteiger partial charge in [-0.3, -0.25) is 0 Å². The molecule has 0 amide bonds. The highest BCUT2D eigenvalue weighted by atomic mass is 16.5. The predicted molar refractivity (Wildman–Crippen MR) is 58.4 cm³/mol. The minimum Gasteiger partial charge on any atom is -0.381 e. The van der Waals surface area contributed by atoms with Crippen molar-refractivity contribution in [1.29, 1.82) is 0 Å². The van der Waals surface area contributed by atoms with Gasteiger partial charge in [-0.2, -0.15) is 0 Å². The van der Waals surface area contributed by atoms with Gasteiger partial charge in [0.2, 0.25) is 0 Å². The number of hydrogen-bond acceptors (Lipinski definition) is 3. The molecule has 0 unspecified atom stereocenters. The maximum Gasteiger partial charge on any atom is 0.0948 e. The van der Waals surface area contributed by atoms with E-state index in [2.05, 4.69) is 9.55 Å². The second-order valence-electron chi connectivity index (χ2n) is 4.32. The average molecular weight is 209 g/mol. The first-order valence-electron chi connectivity index (χ1n) is 5.60. The van der Waals surface area contributed by atoms with E-state index in [1.54, 1.807) is 0 Å². The van der Waals surface area contributed by atoms with Crippen molar-refractivity contribution in [2.45, 2.75) is 32.4 Å². The van der Waals surface area contributed by atoms with E-state index in [4.69, 9.17) is 10.5 Å². The van der Waals surface area contributed by atoms with Crippen LogP contribution < -0.4 is 5.73 Å². The Labute approximate surface area is 90.4 Å². The van der Waals surface area contributed by atoms with Gasteiger partial charge in [0, 0.05) is 32.0 Å². The van der Waals surface area contributed by atoms with Crippen molar-refractivity contribution < 1.29 is 4.74 Å². The lowest BCUT2D eigenvalue weighted by Gasteiger charge is -2.23. The summed E-state index contributed by atoms with van der Waals surface area (Å²) < 4.78 is 7.53. The first-order valence-corrected chi connectivity index (χ1v) is 5.60. The Kier molecular flexibility index (Phi) is 3.38. The van der Waals surface area contributed by atoms with Gasteiger partial charge in [0.1, 0.15) is 0 Å². The van der Waals surface area contributed by atoms with Crippen LogP contribution in [-0.4, -0.2) is 22.8 Å². The van der Waals surface area contributed by atoms with Crippen LogP contribution in [0.3, 0.4) is 0 Å². The van der Waals surface area contributed by atoms with Gasteiger partial charge in [0.05, 0.1) is 12.0 Å².